The number of rotatable bonds is 2. The van der Waals surface area contributed by atoms with Crippen LogP contribution in [0.15, 0.2) is 74.5 Å². The van der Waals surface area contributed by atoms with Crippen LogP contribution < -0.4 is 10.3 Å². The minimum Gasteiger partial charge on any atom is -0.450 e. The maximum atomic E-state index is 13.5. The lowest BCUT2D eigenvalue weighted by atomic mass is 9.98. The Morgan fingerprint density at radius 1 is 1.07 bits per heavy atom. The number of pyridine rings is 1. The molecule has 1 amide bonds. The summed E-state index contributed by atoms with van der Waals surface area (Å²) in [6.07, 6.45) is 1.64. The van der Waals surface area contributed by atoms with Crippen LogP contribution in [0.2, 0.25) is 5.02 Å². The zero-order valence-corrected chi connectivity index (χ0v) is 18.1. The van der Waals surface area contributed by atoms with Crippen LogP contribution in [0, 0.1) is 6.92 Å². The number of hydrogen-bond donors (Lipinski definition) is 0. The molecule has 1 aliphatic rings. The van der Waals surface area contributed by atoms with E-state index in [0.717, 1.165) is 15.6 Å². The van der Waals surface area contributed by atoms with E-state index in [4.69, 9.17) is 16.0 Å². The summed E-state index contributed by atoms with van der Waals surface area (Å²) in [7, 11) is 0. The van der Waals surface area contributed by atoms with Crippen LogP contribution in [0.3, 0.4) is 0 Å². The zero-order chi connectivity index (χ0) is 21.0. The Bertz CT molecular complexity index is 1380. The monoisotopic (exact) mass is 480 g/mol. The van der Waals surface area contributed by atoms with Gasteiger partial charge in [0.25, 0.3) is 5.91 Å². The average molecular weight is 482 g/mol. The molecular formula is C23H14BrClN2O3. The lowest BCUT2D eigenvalue weighted by molar-refractivity contribution is 0.0970. The lowest BCUT2D eigenvalue weighted by Crippen LogP contribution is -2.30. The zero-order valence-electron chi connectivity index (χ0n) is 15.7. The minimum atomic E-state index is -0.658. The Hall–Kier alpha value is -2.96. The maximum Gasteiger partial charge on any atom is 0.296 e. The molecule has 4 aromatic rings. The average Bonchev–Trinajstić information content (AvgIpc) is 3.02. The third kappa shape index (κ3) is 2.95. The molecule has 0 fully saturated rings. The molecule has 2 aromatic carbocycles. The molecule has 2 aromatic heterocycles. The molecule has 0 bridgehead atoms. The summed E-state index contributed by atoms with van der Waals surface area (Å²) in [6.45, 7) is 1.92. The summed E-state index contributed by atoms with van der Waals surface area (Å²) in [5.74, 6) is 0.0943. The van der Waals surface area contributed by atoms with Crippen molar-refractivity contribution in [3.8, 4) is 0 Å². The van der Waals surface area contributed by atoms with Crippen molar-refractivity contribution in [3.63, 3.8) is 0 Å². The topological polar surface area (TPSA) is 63.4 Å². The summed E-state index contributed by atoms with van der Waals surface area (Å²) < 4.78 is 6.82. The summed E-state index contributed by atoms with van der Waals surface area (Å²) >= 11 is 9.54. The predicted octanol–water partition coefficient (Wildman–Crippen LogP) is 5.66. The third-order valence-electron chi connectivity index (χ3n) is 5.17. The van der Waals surface area contributed by atoms with E-state index in [-0.39, 0.29) is 11.2 Å². The highest BCUT2D eigenvalue weighted by Gasteiger charge is 2.44. The van der Waals surface area contributed by atoms with Gasteiger partial charge in [0.05, 0.1) is 17.0 Å². The van der Waals surface area contributed by atoms with Gasteiger partial charge in [0.2, 0.25) is 5.76 Å². The van der Waals surface area contributed by atoms with Crippen molar-refractivity contribution in [3.05, 3.63) is 103 Å². The van der Waals surface area contributed by atoms with Crippen molar-refractivity contribution in [2.24, 2.45) is 0 Å². The molecule has 148 valence electrons. The van der Waals surface area contributed by atoms with Crippen molar-refractivity contribution in [1.82, 2.24) is 4.98 Å². The molecule has 3 heterocycles. The second-order valence-electron chi connectivity index (χ2n) is 7.14. The van der Waals surface area contributed by atoms with Gasteiger partial charge < -0.3 is 4.42 Å². The first-order valence-electron chi connectivity index (χ1n) is 9.22. The molecule has 7 heteroatoms. The minimum absolute atomic E-state index is 0.0334. The van der Waals surface area contributed by atoms with E-state index in [0.29, 0.717) is 27.4 Å². The third-order valence-corrected chi connectivity index (χ3v) is 5.93. The maximum absolute atomic E-state index is 13.5. The van der Waals surface area contributed by atoms with Crippen LogP contribution in [-0.4, -0.2) is 10.9 Å². The molecule has 1 atom stereocenters. The summed E-state index contributed by atoms with van der Waals surface area (Å²) in [6, 6.07) is 15.3. The Labute approximate surface area is 185 Å². The van der Waals surface area contributed by atoms with Gasteiger partial charge in [0.1, 0.15) is 11.4 Å². The summed E-state index contributed by atoms with van der Waals surface area (Å²) in [4.78, 5) is 32.8. The van der Waals surface area contributed by atoms with Gasteiger partial charge in [-0.25, -0.2) is 4.98 Å². The molecule has 0 saturated heterocycles. The second-order valence-corrected chi connectivity index (χ2v) is 8.49. The van der Waals surface area contributed by atoms with E-state index in [9.17, 15) is 9.59 Å². The molecule has 30 heavy (non-hydrogen) atoms. The number of carbonyl (C=O) groups excluding carboxylic acids is 1. The van der Waals surface area contributed by atoms with Crippen molar-refractivity contribution in [1.29, 1.82) is 0 Å². The van der Waals surface area contributed by atoms with Crippen LogP contribution in [0.4, 0.5) is 5.82 Å². The van der Waals surface area contributed by atoms with Gasteiger partial charge in [-0.3, -0.25) is 14.5 Å². The molecule has 5 nitrogen and oxygen atoms in total. The molecular weight excluding hydrogens is 468 g/mol. The van der Waals surface area contributed by atoms with Crippen LogP contribution in [0.25, 0.3) is 11.0 Å². The first kappa shape index (κ1) is 19.0. The number of anilines is 1. The van der Waals surface area contributed by atoms with E-state index in [1.165, 1.54) is 4.90 Å². The van der Waals surface area contributed by atoms with Crippen LogP contribution in [0.1, 0.15) is 33.3 Å². The number of hydrogen-bond acceptors (Lipinski definition) is 4. The second kappa shape index (κ2) is 7.07. The van der Waals surface area contributed by atoms with Gasteiger partial charge >= 0.3 is 0 Å². The molecule has 0 saturated carbocycles. The van der Waals surface area contributed by atoms with Crippen molar-refractivity contribution < 1.29 is 9.21 Å². The van der Waals surface area contributed by atoms with Gasteiger partial charge in [-0.1, -0.05) is 39.7 Å². The fraction of sp³-hybridized carbons (Fsp3) is 0.0870. The lowest BCUT2D eigenvalue weighted by Gasteiger charge is -2.24. The SMILES string of the molecule is Cc1ccnc(N2C(=O)c3oc4ccc(Cl)cc4c(=O)c3[C@@H]2c2ccc(Br)cc2)c1. The first-order valence-corrected chi connectivity index (χ1v) is 10.4. The predicted molar refractivity (Wildman–Crippen MR) is 119 cm³/mol. The quantitative estimate of drug-likeness (QED) is 0.370. The van der Waals surface area contributed by atoms with Gasteiger partial charge in [0, 0.05) is 15.7 Å². The molecule has 0 radical (unpaired) electrons. The van der Waals surface area contributed by atoms with E-state index in [2.05, 4.69) is 20.9 Å². The number of nitrogens with zero attached hydrogens (tertiary/aromatic N) is 2. The molecule has 5 rings (SSSR count). The fourth-order valence-corrected chi connectivity index (χ4v) is 4.23. The van der Waals surface area contributed by atoms with Gasteiger partial charge in [0.15, 0.2) is 5.43 Å². The number of aromatic nitrogens is 1. The Balaban J connectivity index is 1.83. The molecule has 0 unspecified atom stereocenters. The van der Waals surface area contributed by atoms with Gasteiger partial charge in [-0.2, -0.15) is 0 Å². The smallest absolute Gasteiger partial charge is 0.296 e. The molecule has 0 aliphatic carbocycles. The number of halogens is 2. The number of aryl methyl sites for hydroxylation is 1. The van der Waals surface area contributed by atoms with Crippen molar-refractivity contribution in [2.75, 3.05) is 4.90 Å². The Morgan fingerprint density at radius 2 is 1.83 bits per heavy atom. The number of amides is 1. The number of benzene rings is 2. The standard InChI is InChI=1S/C23H14BrClN2O3/c1-12-8-9-26-18(10-12)27-20(13-2-4-14(24)5-3-13)19-21(28)16-11-15(25)6-7-17(16)30-22(19)23(27)29/h2-11,20H,1H3/t20-/m0/s1. The number of fused-ring (bicyclic) bond motifs is 2. The summed E-state index contributed by atoms with van der Waals surface area (Å²) in [5.41, 5.74) is 2.08. The normalized spacial score (nSPS) is 15.6. The molecule has 0 N–H and O–H groups in total. The van der Waals surface area contributed by atoms with Crippen LogP contribution in [-0.2, 0) is 0 Å². The van der Waals surface area contributed by atoms with Crippen LogP contribution >= 0.6 is 27.5 Å². The van der Waals surface area contributed by atoms with Gasteiger partial charge in [-0.15, -0.1) is 0 Å². The summed E-state index contributed by atoms with van der Waals surface area (Å²) in [5, 5.41) is 0.770. The van der Waals surface area contributed by atoms with E-state index >= 15 is 0 Å². The van der Waals surface area contributed by atoms with E-state index in [1.807, 2.05) is 43.3 Å². The first-order chi connectivity index (χ1) is 14.4. The van der Waals surface area contributed by atoms with Crippen molar-refractivity contribution in [2.45, 2.75) is 13.0 Å². The number of carbonyl (C=O) groups is 1. The molecule has 0 spiro atoms. The van der Waals surface area contributed by atoms with Crippen molar-refractivity contribution >= 4 is 50.2 Å². The Kier molecular flexibility index (Phi) is 4.49. The highest BCUT2D eigenvalue weighted by Crippen LogP contribution is 2.41. The highest BCUT2D eigenvalue weighted by atomic mass is 79.9. The van der Waals surface area contributed by atoms with Crippen LogP contribution in [0.5, 0.6) is 0 Å². The Morgan fingerprint density at radius 3 is 2.57 bits per heavy atom. The fourth-order valence-electron chi connectivity index (χ4n) is 3.79. The van der Waals surface area contributed by atoms with E-state index < -0.39 is 11.9 Å². The van der Waals surface area contributed by atoms with E-state index in [1.54, 1.807) is 24.4 Å². The largest absolute Gasteiger partial charge is 0.450 e. The van der Waals surface area contributed by atoms with Gasteiger partial charge in [-0.05, 0) is 60.5 Å². The highest BCUT2D eigenvalue weighted by molar-refractivity contribution is 9.10. The molecule has 1 aliphatic heterocycles.